The molecule has 0 saturated carbocycles. The average Bonchev–Trinajstić information content (AvgIpc) is 2.80. The van der Waals surface area contributed by atoms with Gasteiger partial charge in [0.2, 0.25) is 5.91 Å². The zero-order valence-electron chi connectivity index (χ0n) is 9.91. The lowest BCUT2D eigenvalue weighted by atomic mass is 10.2. The highest BCUT2D eigenvalue weighted by Gasteiger charge is 2.17. The van der Waals surface area contributed by atoms with Gasteiger partial charge < -0.3 is 21.1 Å². The van der Waals surface area contributed by atoms with Crippen LogP contribution < -0.4 is 16.4 Å². The summed E-state index contributed by atoms with van der Waals surface area (Å²) in [5, 5.41) is 5.92. The molecule has 0 aromatic heterocycles. The Morgan fingerprint density at radius 2 is 2.39 bits per heavy atom. The number of nitrogens with one attached hydrogen (secondary N) is 2. The molecule has 1 heterocycles. The van der Waals surface area contributed by atoms with Crippen LogP contribution >= 0.6 is 15.9 Å². The lowest BCUT2D eigenvalue weighted by Crippen LogP contribution is -2.38. The van der Waals surface area contributed by atoms with Crippen molar-refractivity contribution in [3.63, 3.8) is 0 Å². The Morgan fingerprint density at radius 3 is 3.06 bits per heavy atom. The summed E-state index contributed by atoms with van der Waals surface area (Å²) in [6, 6.07) is 5.65. The summed E-state index contributed by atoms with van der Waals surface area (Å²) in [6.45, 7) is 1.53. The Bertz CT molecular complexity index is 433. The summed E-state index contributed by atoms with van der Waals surface area (Å²) >= 11 is 3.33. The molecule has 0 spiro atoms. The third-order valence-electron chi connectivity index (χ3n) is 2.75. The van der Waals surface area contributed by atoms with Crippen molar-refractivity contribution in [1.29, 1.82) is 0 Å². The van der Waals surface area contributed by atoms with Crippen LogP contribution in [-0.2, 0) is 9.53 Å². The monoisotopic (exact) mass is 313 g/mol. The van der Waals surface area contributed by atoms with E-state index in [-0.39, 0.29) is 18.5 Å². The van der Waals surface area contributed by atoms with Crippen LogP contribution in [0.3, 0.4) is 0 Å². The number of carbonyl (C=O) groups is 1. The number of rotatable bonds is 4. The molecule has 1 fully saturated rings. The molecule has 18 heavy (non-hydrogen) atoms. The van der Waals surface area contributed by atoms with Crippen molar-refractivity contribution in [2.45, 2.75) is 12.5 Å². The summed E-state index contributed by atoms with van der Waals surface area (Å²) < 4.78 is 6.11. The molecule has 1 unspecified atom stereocenters. The Labute approximate surface area is 114 Å². The Balaban J connectivity index is 1.81. The van der Waals surface area contributed by atoms with Gasteiger partial charge in [0.15, 0.2) is 0 Å². The minimum atomic E-state index is -0.0483. The second-order valence-electron chi connectivity index (χ2n) is 4.21. The first-order chi connectivity index (χ1) is 8.65. The van der Waals surface area contributed by atoms with Gasteiger partial charge in [-0.25, -0.2) is 0 Å². The molecule has 2 rings (SSSR count). The summed E-state index contributed by atoms with van der Waals surface area (Å²) in [4.78, 5) is 11.7. The van der Waals surface area contributed by atoms with E-state index in [0.29, 0.717) is 12.3 Å². The largest absolute Gasteiger partial charge is 0.397 e. The molecule has 5 nitrogen and oxygen atoms in total. The van der Waals surface area contributed by atoms with Gasteiger partial charge >= 0.3 is 0 Å². The molecule has 1 aromatic rings. The van der Waals surface area contributed by atoms with Crippen LogP contribution in [0.2, 0.25) is 0 Å². The summed E-state index contributed by atoms with van der Waals surface area (Å²) in [5.41, 5.74) is 7.20. The van der Waals surface area contributed by atoms with E-state index < -0.39 is 0 Å². The van der Waals surface area contributed by atoms with E-state index >= 15 is 0 Å². The number of benzene rings is 1. The molecule has 1 amide bonds. The predicted octanol–water partition coefficient (Wildman–Crippen LogP) is 1.35. The molecule has 1 aliphatic rings. The van der Waals surface area contributed by atoms with Gasteiger partial charge in [0.05, 0.1) is 30.6 Å². The SMILES string of the molecule is Nc1cc(Br)ccc1NCC(=O)NC1CCOC1. The normalized spacial score (nSPS) is 18.6. The lowest BCUT2D eigenvalue weighted by molar-refractivity contribution is -0.120. The van der Waals surface area contributed by atoms with Crippen molar-refractivity contribution >= 4 is 33.2 Å². The van der Waals surface area contributed by atoms with Gasteiger partial charge in [0.1, 0.15) is 0 Å². The molecule has 1 aromatic carbocycles. The van der Waals surface area contributed by atoms with E-state index in [2.05, 4.69) is 26.6 Å². The molecule has 1 atom stereocenters. The van der Waals surface area contributed by atoms with E-state index in [1.54, 1.807) is 6.07 Å². The van der Waals surface area contributed by atoms with Crippen molar-refractivity contribution in [2.24, 2.45) is 0 Å². The summed E-state index contributed by atoms with van der Waals surface area (Å²) in [5.74, 6) is -0.0483. The highest BCUT2D eigenvalue weighted by molar-refractivity contribution is 9.10. The van der Waals surface area contributed by atoms with Crippen LogP contribution in [-0.4, -0.2) is 31.7 Å². The first-order valence-electron chi connectivity index (χ1n) is 5.81. The van der Waals surface area contributed by atoms with Crippen molar-refractivity contribution in [3.05, 3.63) is 22.7 Å². The van der Waals surface area contributed by atoms with Crippen molar-refractivity contribution < 1.29 is 9.53 Å². The number of ether oxygens (including phenoxy) is 1. The molecule has 4 N–H and O–H groups in total. The second-order valence-corrected chi connectivity index (χ2v) is 5.13. The maximum atomic E-state index is 11.7. The summed E-state index contributed by atoms with van der Waals surface area (Å²) in [6.07, 6.45) is 0.881. The Morgan fingerprint density at radius 1 is 1.56 bits per heavy atom. The van der Waals surface area contributed by atoms with E-state index in [4.69, 9.17) is 10.5 Å². The van der Waals surface area contributed by atoms with E-state index in [9.17, 15) is 4.79 Å². The van der Waals surface area contributed by atoms with Crippen LogP contribution in [0, 0.1) is 0 Å². The Kier molecular flexibility index (Phi) is 4.43. The average molecular weight is 314 g/mol. The number of hydrogen-bond acceptors (Lipinski definition) is 4. The zero-order valence-corrected chi connectivity index (χ0v) is 11.5. The molecular formula is C12H16BrN3O2. The van der Waals surface area contributed by atoms with E-state index in [1.807, 2.05) is 12.1 Å². The molecular weight excluding hydrogens is 298 g/mol. The number of anilines is 2. The van der Waals surface area contributed by atoms with Gasteiger partial charge in [-0.05, 0) is 24.6 Å². The zero-order chi connectivity index (χ0) is 13.0. The first-order valence-corrected chi connectivity index (χ1v) is 6.60. The molecule has 0 radical (unpaired) electrons. The minimum Gasteiger partial charge on any atom is -0.397 e. The molecule has 98 valence electrons. The minimum absolute atomic E-state index is 0.0483. The van der Waals surface area contributed by atoms with Gasteiger partial charge in [-0.2, -0.15) is 0 Å². The maximum absolute atomic E-state index is 11.7. The number of amides is 1. The van der Waals surface area contributed by atoms with Gasteiger partial charge in [0.25, 0.3) is 0 Å². The van der Waals surface area contributed by atoms with Crippen LogP contribution in [0.1, 0.15) is 6.42 Å². The van der Waals surface area contributed by atoms with Gasteiger partial charge in [0, 0.05) is 11.1 Å². The highest BCUT2D eigenvalue weighted by Crippen LogP contribution is 2.22. The number of halogens is 1. The van der Waals surface area contributed by atoms with Gasteiger partial charge in [-0.3, -0.25) is 4.79 Å². The van der Waals surface area contributed by atoms with Crippen molar-refractivity contribution in [1.82, 2.24) is 5.32 Å². The van der Waals surface area contributed by atoms with Crippen molar-refractivity contribution in [2.75, 3.05) is 30.8 Å². The van der Waals surface area contributed by atoms with Gasteiger partial charge in [-0.15, -0.1) is 0 Å². The molecule has 6 heteroatoms. The number of hydrogen-bond donors (Lipinski definition) is 3. The lowest BCUT2D eigenvalue weighted by Gasteiger charge is -2.13. The Hall–Kier alpha value is -1.27. The molecule has 0 aliphatic carbocycles. The second kappa shape index (κ2) is 6.06. The van der Waals surface area contributed by atoms with Crippen LogP contribution in [0.5, 0.6) is 0 Å². The van der Waals surface area contributed by atoms with E-state index in [0.717, 1.165) is 23.2 Å². The maximum Gasteiger partial charge on any atom is 0.239 e. The molecule has 0 bridgehead atoms. The third-order valence-corrected chi connectivity index (χ3v) is 3.24. The number of nitrogens with two attached hydrogens (primary N) is 1. The first kappa shape index (κ1) is 13.2. The predicted molar refractivity (Wildman–Crippen MR) is 74.4 cm³/mol. The smallest absolute Gasteiger partial charge is 0.239 e. The quantitative estimate of drug-likeness (QED) is 0.733. The fourth-order valence-electron chi connectivity index (χ4n) is 1.80. The standard InChI is InChI=1S/C12H16BrN3O2/c13-8-1-2-11(10(14)5-8)15-6-12(17)16-9-3-4-18-7-9/h1-2,5,9,15H,3-4,6-7,14H2,(H,16,17). The van der Waals surface area contributed by atoms with Crippen LogP contribution in [0.4, 0.5) is 11.4 Å². The highest BCUT2D eigenvalue weighted by atomic mass is 79.9. The van der Waals surface area contributed by atoms with Crippen LogP contribution in [0.15, 0.2) is 22.7 Å². The molecule has 1 aliphatic heterocycles. The topological polar surface area (TPSA) is 76.4 Å². The fraction of sp³-hybridized carbons (Fsp3) is 0.417. The fourth-order valence-corrected chi connectivity index (χ4v) is 2.18. The number of carbonyl (C=O) groups excluding carboxylic acids is 1. The third kappa shape index (κ3) is 3.61. The van der Waals surface area contributed by atoms with Gasteiger partial charge in [-0.1, -0.05) is 15.9 Å². The van der Waals surface area contributed by atoms with E-state index in [1.165, 1.54) is 0 Å². The summed E-state index contributed by atoms with van der Waals surface area (Å²) in [7, 11) is 0. The van der Waals surface area contributed by atoms with Crippen LogP contribution in [0.25, 0.3) is 0 Å². The van der Waals surface area contributed by atoms with Crippen molar-refractivity contribution in [3.8, 4) is 0 Å². The molecule has 1 saturated heterocycles. The number of nitrogen functional groups attached to an aromatic ring is 1.